The zero-order valence-electron chi connectivity index (χ0n) is 16.0. The minimum absolute atomic E-state index is 0.183. The summed E-state index contributed by atoms with van der Waals surface area (Å²) in [5.41, 5.74) is 0. The molecule has 0 spiro atoms. The van der Waals surface area contributed by atoms with Crippen molar-refractivity contribution in [3.8, 4) is 0 Å². The Hall–Kier alpha value is -1.40. The van der Waals surface area contributed by atoms with Gasteiger partial charge in [0, 0.05) is 5.90 Å². The summed E-state index contributed by atoms with van der Waals surface area (Å²) in [6, 6.07) is 45.6. The van der Waals surface area contributed by atoms with Crippen LogP contribution in [-0.2, 0) is 0 Å². The van der Waals surface area contributed by atoms with Gasteiger partial charge in [-0.2, -0.15) is 0 Å². The highest BCUT2D eigenvalue weighted by molar-refractivity contribution is 8.86. The quantitative estimate of drug-likeness (QED) is 0.298. The van der Waals surface area contributed by atoms with Crippen LogP contribution in [0.3, 0.4) is 0 Å². The highest BCUT2D eigenvalue weighted by Crippen LogP contribution is 3.02. The molecule has 1 aliphatic heterocycles. The monoisotopic (exact) mass is 446 g/mol. The van der Waals surface area contributed by atoms with Crippen molar-refractivity contribution in [1.29, 1.82) is 0 Å². The Morgan fingerprint density at radius 2 is 0.621 bits per heavy atom. The van der Waals surface area contributed by atoms with Gasteiger partial charge in [-0.05, 0) is 51.0 Å². The Balaban J connectivity index is 1.69. The van der Waals surface area contributed by atoms with Crippen LogP contribution >= 0.6 is 29.8 Å². The van der Waals surface area contributed by atoms with E-state index in [0.717, 1.165) is 0 Å². The van der Waals surface area contributed by atoms with Gasteiger partial charge in [0.2, 0.25) is 0 Å². The van der Waals surface area contributed by atoms with E-state index in [2.05, 4.69) is 121 Å². The predicted molar refractivity (Wildman–Crippen MR) is 137 cm³/mol. The van der Waals surface area contributed by atoms with Crippen molar-refractivity contribution in [2.75, 3.05) is 5.90 Å². The summed E-state index contributed by atoms with van der Waals surface area (Å²) < 4.78 is 0. The van der Waals surface area contributed by atoms with Crippen LogP contribution in [0.15, 0.2) is 121 Å². The maximum absolute atomic E-state index is 2.39. The molecule has 0 N–H and O–H groups in total. The number of hydrogen-bond donors (Lipinski definition) is 0. The van der Waals surface area contributed by atoms with E-state index in [1.54, 1.807) is 21.2 Å². The molecule has 0 aromatic heterocycles. The second-order valence-corrected chi connectivity index (χ2v) is 22.4. The lowest BCUT2D eigenvalue weighted by Gasteiger charge is -2.28. The van der Waals surface area contributed by atoms with Crippen molar-refractivity contribution in [1.82, 2.24) is 0 Å². The number of hydrogen-bond acceptors (Lipinski definition) is 0. The van der Waals surface area contributed by atoms with Crippen LogP contribution in [0.25, 0.3) is 0 Å². The molecule has 4 heteroatoms. The van der Waals surface area contributed by atoms with Crippen molar-refractivity contribution in [2.24, 2.45) is 0 Å². The summed E-state index contributed by atoms with van der Waals surface area (Å²) in [6.45, 7) is 0. The second kappa shape index (κ2) is 9.17. The Labute approximate surface area is 178 Å². The molecule has 0 saturated carbocycles. The maximum atomic E-state index is 2.39. The maximum Gasteiger partial charge on any atom is 0.00500 e. The van der Waals surface area contributed by atoms with E-state index in [1.807, 2.05) is 0 Å². The first kappa shape index (κ1) is 19.6. The largest absolute Gasteiger partial charge is 0.0622 e. The topological polar surface area (TPSA) is 0 Å². The third kappa shape index (κ3) is 4.11. The summed E-state index contributed by atoms with van der Waals surface area (Å²) in [6.07, 6.45) is 0. The Kier molecular flexibility index (Phi) is 6.18. The van der Waals surface area contributed by atoms with E-state index in [4.69, 9.17) is 0 Å². The van der Waals surface area contributed by atoms with Gasteiger partial charge >= 0.3 is 0 Å². The lowest BCUT2D eigenvalue weighted by molar-refractivity contribution is 1.76. The highest BCUT2D eigenvalue weighted by Gasteiger charge is 2.45. The van der Waals surface area contributed by atoms with Gasteiger partial charge in [-0.15, -0.1) is 0 Å². The Morgan fingerprint density at radius 3 is 0.931 bits per heavy atom. The molecule has 1 fully saturated rings. The SMILES string of the molecule is c1ccc(P2CP(c3ccccc3)P(c3ccccc3)P2c2ccccc2)cc1. The first-order valence-corrected chi connectivity index (χ1v) is 17.6. The molecule has 0 aliphatic carbocycles. The van der Waals surface area contributed by atoms with E-state index >= 15 is 0 Å². The lowest BCUT2D eigenvalue weighted by Crippen LogP contribution is -2.05. The molecule has 1 aliphatic rings. The minimum atomic E-state index is -0.224. The fraction of sp³-hybridized carbons (Fsp3) is 0.0400. The molecule has 4 aromatic rings. The standard InChI is InChI=1S/C25H22P4/c1-5-13-22(14-6-1)26-21-27(23-15-7-2-8-16-23)29(25-19-11-4-12-20-25)28(26)24-17-9-3-10-18-24/h1-20H,21H2. The third-order valence-electron chi connectivity index (χ3n) is 4.99. The van der Waals surface area contributed by atoms with Gasteiger partial charge in [-0.3, -0.25) is 0 Å². The summed E-state index contributed by atoms with van der Waals surface area (Å²) >= 11 is 0. The lowest BCUT2D eigenvalue weighted by atomic mass is 10.4. The van der Waals surface area contributed by atoms with Crippen molar-refractivity contribution < 1.29 is 0 Å². The van der Waals surface area contributed by atoms with Crippen LogP contribution in [0.1, 0.15) is 0 Å². The molecule has 1 saturated heterocycles. The van der Waals surface area contributed by atoms with Crippen molar-refractivity contribution in [3.63, 3.8) is 0 Å². The average molecular weight is 446 g/mol. The van der Waals surface area contributed by atoms with E-state index in [-0.39, 0.29) is 29.8 Å². The molecular formula is C25H22P4. The summed E-state index contributed by atoms with van der Waals surface area (Å²) in [5.74, 6) is 1.36. The van der Waals surface area contributed by atoms with Crippen molar-refractivity contribution in [3.05, 3.63) is 121 Å². The molecule has 4 unspecified atom stereocenters. The van der Waals surface area contributed by atoms with Gasteiger partial charge < -0.3 is 0 Å². The molecule has 0 radical (unpaired) electrons. The molecule has 29 heavy (non-hydrogen) atoms. The van der Waals surface area contributed by atoms with E-state index in [0.29, 0.717) is 0 Å². The van der Waals surface area contributed by atoms with Crippen molar-refractivity contribution in [2.45, 2.75) is 0 Å². The first-order valence-electron chi connectivity index (χ1n) is 9.77. The van der Waals surface area contributed by atoms with Gasteiger partial charge in [-0.1, -0.05) is 121 Å². The second-order valence-electron chi connectivity index (χ2n) is 6.86. The van der Waals surface area contributed by atoms with Crippen molar-refractivity contribution >= 4 is 51.0 Å². The molecule has 4 atom stereocenters. The molecule has 142 valence electrons. The fourth-order valence-electron chi connectivity index (χ4n) is 3.65. The number of rotatable bonds is 4. The molecule has 0 bridgehead atoms. The van der Waals surface area contributed by atoms with Crippen LogP contribution in [0.4, 0.5) is 0 Å². The van der Waals surface area contributed by atoms with Gasteiger partial charge in [0.15, 0.2) is 0 Å². The molecule has 1 heterocycles. The average Bonchev–Trinajstić information content (AvgIpc) is 3.22. The highest BCUT2D eigenvalue weighted by atomic mass is 32.7. The third-order valence-corrected chi connectivity index (χ3v) is 30.3. The Bertz CT molecular complexity index is 952. The Morgan fingerprint density at radius 1 is 0.345 bits per heavy atom. The molecule has 5 rings (SSSR count). The summed E-state index contributed by atoms with van der Waals surface area (Å²) in [4.78, 5) is 0. The predicted octanol–water partition coefficient (Wildman–Crippen LogP) is 6.93. The van der Waals surface area contributed by atoms with Gasteiger partial charge in [-0.25, -0.2) is 0 Å². The van der Waals surface area contributed by atoms with Crippen LogP contribution in [0, 0.1) is 0 Å². The molecule has 0 nitrogen and oxygen atoms in total. The van der Waals surface area contributed by atoms with E-state index < -0.39 is 0 Å². The zero-order valence-corrected chi connectivity index (χ0v) is 19.6. The molecular weight excluding hydrogens is 424 g/mol. The van der Waals surface area contributed by atoms with Crippen LogP contribution < -0.4 is 21.2 Å². The minimum Gasteiger partial charge on any atom is -0.0622 e. The van der Waals surface area contributed by atoms with Gasteiger partial charge in [0.1, 0.15) is 0 Å². The van der Waals surface area contributed by atoms with Crippen LogP contribution in [-0.4, -0.2) is 5.90 Å². The van der Waals surface area contributed by atoms with E-state index in [9.17, 15) is 0 Å². The summed E-state index contributed by atoms with van der Waals surface area (Å²) in [7, 11) is -0.815. The van der Waals surface area contributed by atoms with Crippen LogP contribution in [0.2, 0.25) is 0 Å². The fourth-order valence-corrected chi connectivity index (χ4v) is 39.6. The zero-order chi connectivity index (χ0) is 19.5. The smallest absolute Gasteiger partial charge is 0.00500 e. The molecule has 0 amide bonds. The molecule has 4 aromatic carbocycles. The number of benzene rings is 4. The normalized spacial score (nSPS) is 23.7. The van der Waals surface area contributed by atoms with E-state index in [1.165, 1.54) is 5.90 Å². The first-order chi connectivity index (χ1) is 14.4. The van der Waals surface area contributed by atoms with Gasteiger partial charge in [0.25, 0.3) is 0 Å². The van der Waals surface area contributed by atoms with Crippen LogP contribution in [0.5, 0.6) is 0 Å². The van der Waals surface area contributed by atoms with Gasteiger partial charge in [0.05, 0.1) is 0 Å². The summed E-state index contributed by atoms with van der Waals surface area (Å²) in [5, 5.41) is 6.35.